The Morgan fingerprint density at radius 1 is 1.20 bits per heavy atom. The molecule has 2 nitrogen and oxygen atoms in total. The molecule has 2 rings (SSSR count). The summed E-state index contributed by atoms with van der Waals surface area (Å²) >= 11 is 15.3. The van der Waals surface area contributed by atoms with E-state index in [1.165, 1.54) is 6.07 Å². The second-order valence-electron chi connectivity index (χ2n) is 4.30. The second kappa shape index (κ2) is 6.87. The molecule has 1 unspecified atom stereocenters. The fourth-order valence-electron chi connectivity index (χ4n) is 1.96. The van der Waals surface area contributed by atoms with Crippen molar-refractivity contribution in [2.75, 3.05) is 0 Å². The molecule has 0 spiro atoms. The van der Waals surface area contributed by atoms with Gasteiger partial charge in [-0.1, -0.05) is 57.3 Å². The average Bonchev–Trinajstić information content (AvgIpc) is 2.42. The lowest BCUT2D eigenvalue weighted by molar-refractivity contribution is 0.511. The molecule has 0 heterocycles. The number of hydrogen-bond acceptors (Lipinski definition) is 2. The Kier molecular flexibility index (Phi) is 5.41. The molecule has 0 aromatic heterocycles. The SMILES string of the molecule is NNC(Cc1ccc(Br)cc1Cl)c1cccc(Cl)c1F. The molecule has 0 aliphatic heterocycles. The summed E-state index contributed by atoms with van der Waals surface area (Å²) in [6, 6.07) is 9.97. The average molecular weight is 378 g/mol. The summed E-state index contributed by atoms with van der Waals surface area (Å²) in [5.74, 6) is 5.07. The van der Waals surface area contributed by atoms with E-state index in [1.54, 1.807) is 18.2 Å². The Bertz CT molecular complexity index is 622. The minimum atomic E-state index is -0.467. The molecular formula is C14H12BrCl2FN2. The van der Waals surface area contributed by atoms with Gasteiger partial charge in [0.15, 0.2) is 0 Å². The van der Waals surface area contributed by atoms with E-state index in [0.717, 1.165) is 10.0 Å². The van der Waals surface area contributed by atoms with Crippen LogP contribution in [0.4, 0.5) is 4.39 Å². The van der Waals surface area contributed by atoms with Crippen molar-refractivity contribution in [3.05, 3.63) is 67.9 Å². The lowest BCUT2D eigenvalue weighted by Gasteiger charge is -2.18. The molecular weight excluding hydrogens is 366 g/mol. The molecule has 0 saturated heterocycles. The van der Waals surface area contributed by atoms with Crippen molar-refractivity contribution in [3.63, 3.8) is 0 Å². The summed E-state index contributed by atoms with van der Waals surface area (Å²) in [5, 5.41) is 0.673. The van der Waals surface area contributed by atoms with Crippen LogP contribution in [0.2, 0.25) is 10.0 Å². The fourth-order valence-corrected chi connectivity index (χ4v) is 2.89. The Balaban J connectivity index is 2.31. The first kappa shape index (κ1) is 15.7. The number of nitrogens with one attached hydrogen (secondary N) is 1. The maximum absolute atomic E-state index is 14.0. The number of benzene rings is 2. The van der Waals surface area contributed by atoms with Crippen molar-refractivity contribution in [2.24, 2.45) is 5.84 Å². The van der Waals surface area contributed by atoms with Gasteiger partial charge in [0.1, 0.15) is 5.82 Å². The highest BCUT2D eigenvalue weighted by Gasteiger charge is 2.18. The van der Waals surface area contributed by atoms with Crippen molar-refractivity contribution in [2.45, 2.75) is 12.5 Å². The zero-order valence-electron chi connectivity index (χ0n) is 10.3. The van der Waals surface area contributed by atoms with E-state index in [4.69, 9.17) is 29.0 Å². The molecule has 0 aliphatic rings. The minimum absolute atomic E-state index is 0.0738. The highest BCUT2D eigenvalue weighted by molar-refractivity contribution is 9.10. The Hall–Kier alpha value is -0.650. The van der Waals surface area contributed by atoms with Gasteiger partial charge < -0.3 is 0 Å². The molecule has 2 aromatic carbocycles. The standard InChI is InChI=1S/C14H12BrCl2FN2/c15-9-5-4-8(12(17)7-9)6-13(20-19)10-2-1-3-11(16)14(10)18/h1-5,7,13,20H,6,19H2. The topological polar surface area (TPSA) is 38.0 Å². The van der Waals surface area contributed by atoms with Crippen LogP contribution < -0.4 is 11.3 Å². The first-order valence-electron chi connectivity index (χ1n) is 5.87. The molecule has 0 fully saturated rings. The molecule has 20 heavy (non-hydrogen) atoms. The first-order chi connectivity index (χ1) is 9.52. The largest absolute Gasteiger partial charge is 0.271 e. The third kappa shape index (κ3) is 3.51. The van der Waals surface area contributed by atoms with Crippen LogP contribution >= 0.6 is 39.1 Å². The second-order valence-corrected chi connectivity index (χ2v) is 6.03. The first-order valence-corrected chi connectivity index (χ1v) is 7.41. The van der Waals surface area contributed by atoms with Gasteiger partial charge in [-0.25, -0.2) is 4.39 Å². The summed E-state index contributed by atoms with van der Waals surface area (Å²) in [6.07, 6.45) is 0.458. The van der Waals surface area contributed by atoms with Gasteiger partial charge in [0.2, 0.25) is 0 Å². The van der Waals surface area contributed by atoms with Gasteiger partial charge in [-0.2, -0.15) is 0 Å². The number of hydrogen-bond donors (Lipinski definition) is 2. The van der Waals surface area contributed by atoms with Crippen LogP contribution in [0.1, 0.15) is 17.2 Å². The van der Waals surface area contributed by atoms with Gasteiger partial charge in [-0.3, -0.25) is 11.3 Å². The van der Waals surface area contributed by atoms with Gasteiger partial charge in [-0.15, -0.1) is 0 Å². The molecule has 3 N–H and O–H groups in total. The summed E-state index contributed by atoms with van der Waals surface area (Å²) in [5.41, 5.74) is 3.90. The van der Waals surface area contributed by atoms with Gasteiger partial charge in [0, 0.05) is 15.1 Å². The Labute approximate surface area is 135 Å². The van der Waals surface area contributed by atoms with Crippen LogP contribution in [-0.4, -0.2) is 0 Å². The molecule has 1 atom stereocenters. The molecule has 0 amide bonds. The van der Waals surface area contributed by atoms with Crippen molar-refractivity contribution in [3.8, 4) is 0 Å². The molecule has 6 heteroatoms. The van der Waals surface area contributed by atoms with E-state index in [1.807, 2.05) is 12.1 Å². The van der Waals surface area contributed by atoms with E-state index in [9.17, 15) is 4.39 Å². The van der Waals surface area contributed by atoms with E-state index in [-0.39, 0.29) is 5.02 Å². The van der Waals surface area contributed by atoms with Crippen LogP contribution in [0.5, 0.6) is 0 Å². The summed E-state index contributed by atoms with van der Waals surface area (Å²) in [4.78, 5) is 0. The highest BCUT2D eigenvalue weighted by Crippen LogP contribution is 2.29. The lowest BCUT2D eigenvalue weighted by Crippen LogP contribution is -2.30. The zero-order chi connectivity index (χ0) is 14.7. The van der Waals surface area contributed by atoms with Crippen LogP contribution in [0, 0.1) is 5.82 Å². The fraction of sp³-hybridized carbons (Fsp3) is 0.143. The van der Waals surface area contributed by atoms with Gasteiger partial charge in [0.25, 0.3) is 0 Å². The van der Waals surface area contributed by atoms with E-state index in [0.29, 0.717) is 17.0 Å². The van der Waals surface area contributed by atoms with Gasteiger partial charge >= 0.3 is 0 Å². The zero-order valence-corrected chi connectivity index (χ0v) is 13.4. The maximum atomic E-state index is 14.0. The molecule has 0 saturated carbocycles. The van der Waals surface area contributed by atoms with Crippen LogP contribution in [-0.2, 0) is 6.42 Å². The number of nitrogens with two attached hydrogens (primary N) is 1. The molecule has 0 aliphatic carbocycles. The predicted molar refractivity (Wildman–Crippen MR) is 84.3 cm³/mol. The van der Waals surface area contributed by atoms with Crippen LogP contribution in [0.15, 0.2) is 40.9 Å². The van der Waals surface area contributed by atoms with Crippen molar-refractivity contribution in [1.29, 1.82) is 0 Å². The minimum Gasteiger partial charge on any atom is -0.271 e. The monoisotopic (exact) mass is 376 g/mol. The molecule has 0 radical (unpaired) electrons. The quantitative estimate of drug-likeness (QED) is 0.601. The lowest BCUT2D eigenvalue weighted by atomic mass is 9.99. The summed E-state index contributed by atoms with van der Waals surface area (Å²) < 4.78 is 14.9. The summed E-state index contributed by atoms with van der Waals surface area (Å²) in [6.45, 7) is 0. The highest BCUT2D eigenvalue weighted by atomic mass is 79.9. The molecule has 2 aromatic rings. The van der Waals surface area contributed by atoms with Gasteiger partial charge in [0.05, 0.1) is 11.1 Å². The van der Waals surface area contributed by atoms with Crippen molar-refractivity contribution >= 4 is 39.1 Å². The van der Waals surface area contributed by atoms with Crippen molar-refractivity contribution in [1.82, 2.24) is 5.43 Å². The maximum Gasteiger partial charge on any atom is 0.146 e. The number of halogens is 4. The number of hydrazine groups is 1. The third-order valence-electron chi connectivity index (χ3n) is 3.00. The summed E-state index contributed by atoms with van der Waals surface area (Å²) in [7, 11) is 0. The van der Waals surface area contributed by atoms with Crippen LogP contribution in [0.3, 0.4) is 0 Å². The Morgan fingerprint density at radius 3 is 2.60 bits per heavy atom. The van der Waals surface area contributed by atoms with Crippen LogP contribution in [0.25, 0.3) is 0 Å². The van der Waals surface area contributed by atoms with E-state index in [2.05, 4.69) is 21.4 Å². The number of rotatable bonds is 4. The van der Waals surface area contributed by atoms with E-state index < -0.39 is 11.9 Å². The normalized spacial score (nSPS) is 12.4. The van der Waals surface area contributed by atoms with Crippen molar-refractivity contribution < 1.29 is 4.39 Å². The van der Waals surface area contributed by atoms with Gasteiger partial charge in [-0.05, 0) is 30.2 Å². The predicted octanol–water partition coefficient (Wildman–Crippen LogP) is 4.64. The smallest absolute Gasteiger partial charge is 0.146 e. The van der Waals surface area contributed by atoms with E-state index >= 15 is 0 Å². The Morgan fingerprint density at radius 2 is 1.95 bits per heavy atom. The third-order valence-corrected chi connectivity index (χ3v) is 4.13. The molecule has 0 bridgehead atoms. The molecule has 106 valence electrons.